The molecule has 0 fully saturated rings. The van der Waals surface area contributed by atoms with Gasteiger partial charge in [0, 0.05) is 12.1 Å². The predicted molar refractivity (Wildman–Crippen MR) is 87.6 cm³/mol. The van der Waals surface area contributed by atoms with Crippen LogP contribution in [0.3, 0.4) is 0 Å². The number of amides is 1. The minimum absolute atomic E-state index is 0.0894. The van der Waals surface area contributed by atoms with Gasteiger partial charge in [-0.15, -0.1) is 0 Å². The van der Waals surface area contributed by atoms with Crippen LogP contribution < -0.4 is 0 Å². The molecular weight excluding hydrogens is 288 g/mol. The molecule has 3 rings (SSSR count). The van der Waals surface area contributed by atoms with Gasteiger partial charge < -0.3 is 9.32 Å². The zero-order valence-corrected chi connectivity index (χ0v) is 12.6. The SMILES string of the molecule is N#CCCN(Cc1ccco1)C(=O)c1cccc2ccccc12. The van der Waals surface area contributed by atoms with Gasteiger partial charge in [-0.3, -0.25) is 4.79 Å². The standard InChI is InChI=1S/C19H16N2O2/c20-11-5-12-21(14-16-8-4-13-23-16)19(22)18-10-3-7-15-6-1-2-9-17(15)18/h1-4,6-10,13H,5,12,14H2. The molecule has 23 heavy (non-hydrogen) atoms. The molecule has 0 atom stereocenters. The van der Waals surface area contributed by atoms with Gasteiger partial charge in [0.1, 0.15) is 5.76 Å². The summed E-state index contributed by atoms with van der Waals surface area (Å²) in [4.78, 5) is 14.6. The number of carbonyl (C=O) groups excluding carboxylic acids is 1. The van der Waals surface area contributed by atoms with Crippen molar-refractivity contribution < 1.29 is 9.21 Å². The quantitative estimate of drug-likeness (QED) is 0.716. The molecule has 4 heteroatoms. The molecule has 0 aliphatic rings. The number of nitrogens with zero attached hydrogens (tertiary/aromatic N) is 2. The Morgan fingerprint density at radius 3 is 2.70 bits per heavy atom. The topological polar surface area (TPSA) is 57.2 Å². The van der Waals surface area contributed by atoms with Gasteiger partial charge in [0.15, 0.2) is 0 Å². The maximum Gasteiger partial charge on any atom is 0.254 e. The van der Waals surface area contributed by atoms with Crippen LogP contribution >= 0.6 is 0 Å². The Kier molecular flexibility index (Phi) is 4.39. The van der Waals surface area contributed by atoms with Gasteiger partial charge in [0.25, 0.3) is 5.91 Å². The zero-order chi connectivity index (χ0) is 16.1. The number of hydrogen-bond acceptors (Lipinski definition) is 3. The smallest absolute Gasteiger partial charge is 0.254 e. The predicted octanol–water partition coefficient (Wildman–Crippen LogP) is 3.99. The molecule has 0 radical (unpaired) electrons. The van der Waals surface area contributed by atoms with Crippen molar-refractivity contribution >= 4 is 16.7 Å². The molecule has 2 aromatic carbocycles. The zero-order valence-electron chi connectivity index (χ0n) is 12.6. The summed E-state index contributed by atoms with van der Waals surface area (Å²) in [5.74, 6) is 0.616. The van der Waals surface area contributed by atoms with Crippen molar-refractivity contribution in [1.29, 1.82) is 5.26 Å². The minimum atomic E-state index is -0.0894. The normalized spacial score (nSPS) is 10.4. The van der Waals surface area contributed by atoms with Crippen molar-refractivity contribution in [3.8, 4) is 6.07 Å². The molecule has 1 aromatic heterocycles. The highest BCUT2D eigenvalue weighted by molar-refractivity contribution is 6.06. The van der Waals surface area contributed by atoms with Gasteiger partial charge in [-0.25, -0.2) is 0 Å². The van der Waals surface area contributed by atoms with E-state index in [1.807, 2.05) is 48.5 Å². The van der Waals surface area contributed by atoms with Crippen molar-refractivity contribution in [2.24, 2.45) is 0 Å². The molecule has 1 amide bonds. The monoisotopic (exact) mass is 304 g/mol. The molecule has 0 saturated carbocycles. The van der Waals surface area contributed by atoms with Gasteiger partial charge >= 0.3 is 0 Å². The van der Waals surface area contributed by atoms with Crippen LogP contribution in [0.15, 0.2) is 65.3 Å². The van der Waals surface area contributed by atoms with Gasteiger partial charge in [-0.05, 0) is 29.0 Å². The Bertz CT molecular complexity index is 842. The lowest BCUT2D eigenvalue weighted by molar-refractivity contribution is 0.0737. The molecule has 0 aliphatic heterocycles. The maximum atomic E-state index is 13.0. The lowest BCUT2D eigenvalue weighted by Crippen LogP contribution is -2.31. The molecule has 4 nitrogen and oxygen atoms in total. The minimum Gasteiger partial charge on any atom is -0.467 e. The summed E-state index contributed by atoms with van der Waals surface area (Å²) in [7, 11) is 0. The summed E-state index contributed by atoms with van der Waals surface area (Å²) >= 11 is 0. The summed E-state index contributed by atoms with van der Waals surface area (Å²) in [6.07, 6.45) is 1.87. The highest BCUT2D eigenvalue weighted by Crippen LogP contribution is 2.21. The average molecular weight is 304 g/mol. The van der Waals surface area contributed by atoms with Crippen molar-refractivity contribution in [2.45, 2.75) is 13.0 Å². The highest BCUT2D eigenvalue weighted by Gasteiger charge is 2.19. The van der Waals surface area contributed by atoms with Crippen LogP contribution in [0.25, 0.3) is 10.8 Å². The van der Waals surface area contributed by atoms with E-state index in [4.69, 9.17) is 9.68 Å². The number of hydrogen-bond donors (Lipinski definition) is 0. The summed E-state index contributed by atoms with van der Waals surface area (Å²) in [5, 5.41) is 10.8. The van der Waals surface area contributed by atoms with Crippen LogP contribution in [0.1, 0.15) is 22.5 Å². The largest absolute Gasteiger partial charge is 0.467 e. The summed E-state index contributed by atoms with van der Waals surface area (Å²) in [5.41, 5.74) is 0.646. The van der Waals surface area contributed by atoms with E-state index in [0.29, 0.717) is 24.4 Å². The first-order valence-electron chi connectivity index (χ1n) is 7.46. The molecular formula is C19H16N2O2. The van der Waals surface area contributed by atoms with Crippen LogP contribution in [0, 0.1) is 11.3 Å². The fourth-order valence-corrected chi connectivity index (χ4v) is 2.61. The summed E-state index contributed by atoms with van der Waals surface area (Å²) in [6.45, 7) is 0.732. The van der Waals surface area contributed by atoms with Gasteiger partial charge in [-0.1, -0.05) is 36.4 Å². The lowest BCUT2D eigenvalue weighted by Gasteiger charge is -2.21. The van der Waals surface area contributed by atoms with Crippen molar-refractivity contribution in [3.05, 3.63) is 72.2 Å². The number of nitriles is 1. The van der Waals surface area contributed by atoms with Crippen LogP contribution in [-0.4, -0.2) is 17.4 Å². The fraction of sp³-hybridized carbons (Fsp3) is 0.158. The highest BCUT2D eigenvalue weighted by atomic mass is 16.3. The Balaban J connectivity index is 1.94. The molecule has 0 saturated heterocycles. The number of rotatable bonds is 5. The number of furan rings is 1. The average Bonchev–Trinajstić information content (AvgIpc) is 3.10. The molecule has 114 valence electrons. The van der Waals surface area contributed by atoms with Gasteiger partial charge in [-0.2, -0.15) is 5.26 Å². The Labute approximate surface area is 134 Å². The third kappa shape index (κ3) is 3.24. The van der Waals surface area contributed by atoms with Gasteiger partial charge in [0.05, 0.1) is 25.3 Å². The first kappa shape index (κ1) is 14.9. The third-order valence-corrected chi connectivity index (χ3v) is 3.73. The third-order valence-electron chi connectivity index (χ3n) is 3.73. The Morgan fingerprint density at radius 1 is 1.09 bits per heavy atom. The van der Waals surface area contributed by atoms with E-state index in [1.165, 1.54) is 0 Å². The Morgan fingerprint density at radius 2 is 1.91 bits per heavy atom. The van der Waals surface area contributed by atoms with Crippen molar-refractivity contribution in [3.63, 3.8) is 0 Å². The van der Waals surface area contributed by atoms with Crippen LogP contribution in [0.4, 0.5) is 0 Å². The molecule has 1 heterocycles. The summed E-state index contributed by atoms with van der Waals surface area (Å²) < 4.78 is 5.34. The first-order chi connectivity index (χ1) is 11.3. The Hall–Kier alpha value is -3.06. The number of fused-ring (bicyclic) bond motifs is 1. The van der Waals surface area contributed by atoms with Crippen LogP contribution in [0.2, 0.25) is 0 Å². The molecule has 0 N–H and O–H groups in total. The van der Waals surface area contributed by atoms with E-state index in [9.17, 15) is 4.79 Å². The van der Waals surface area contributed by atoms with Crippen molar-refractivity contribution in [2.75, 3.05) is 6.54 Å². The second-order valence-electron chi connectivity index (χ2n) is 5.24. The molecule has 3 aromatic rings. The van der Waals surface area contributed by atoms with Crippen LogP contribution in [0.5, 0.6) is 0 Å². The van der Waals surface area contributed by atoms with E-state index in [1.54, 1.807) is 17.2 Å². The van der Waals surface area contributed by atoms with E-state index < -0.39 is 0 Å². The molecule has 0 bridgehead atoms. The van der Waals surface area contributed by atoms with E-state index in [-0.39, 0.29) is 12.3 Å². The summed E-state index contributed by atoms with van der Waals surface area (Å²) in [6, 6.07) is 19.2. The first-order valence-corrected chi connectivity index (χ1v) is 7.46. The number of benzene rings is 2. The number of carbonyl (C=O) groups is 1. The molecule has 0 aliphatic carbocycles. The van der Waals surface area contributed by atoms with Crippen LogP contribution in [-0.2, 0) is 6.54 Å². The van der Waals surface area contributed by atoms with E-state index in [0.717, 1.165) is 10.8 Å². The van der Waals surface area contributed by atoms with E-state index >= 15 is 0 Å². The second-order valence-corrected chi connectivity index (χ2v) is 5.24. The van der Waals surface area contributed by atoms with Crippen molar-refractivity contribution in [1.82, 2.24) is 4.90 Å². The van der Waals surface area contributed by atoms with Gasteiger partial charge in [0.2, 0.25) is 0 Å². The van der Waals surface area contributed by atoms with E-state index in [2.05, 4.69) is 6.07 Å². The molecule has 0 unspecified atom stereocenters. The second kappa shape index (κ2) is 6.80. The maximum absolute atomic E-state index is 13.0. The lowest BCUT2D eigenvalue weighted by atomic mass is 10.0. The fourth-order valence-electron chi connectivity index (χ4n) is 2.61. The molecule has 0 spiro atoms.